The fraction of sp³-hybridized carbons (Fsp3) is 0.500. The Morgan fingerprint density at radius 2 is 2.21 bits per heavy atom. The van der Waals surface area contributed by atoms with Crippen LogP contribution in [0.15, 0.2) is 24.3 Å². The average Bonchev–Trinajstić information content (AvgIpc) is 2.29. The molecule has 0 aliphatic carbocycles. The SMILES string of the molecule is c1ccc2c(c1)CCN1CNCCC21. The highest BCUT2D eigenvalue weighted by Gasteiger charge is 2.28. The van der Waals surface area contributed by atoms with E-state index in [1.165, 1.54) is 19.4 Å². The molecule has 1 fully saturated rings. The molecule has 0 aromatic heterocycles. The molecule has 2 heterocycles. The van der Waals surface area contributed by atoms with Gasteiger partial charge in [0.25, 0.3) is 0 Å². The third-order valence-electron chi connectivity index (χ3n) is 3.43. The van der Waals surface area contributed by atoms with E-state index in [9.17, 15) is 0 Å². The van der Waals surface area contributed by atoms with Crippen molar-refractivity contribution in [3.63, 3.8) is 0 Å². The molecular formula is C12H16N2. The fourth-order valence-electron chi connectivity index (χ4n) is 2.69. The van der Waals surface area contributed by atoms with Crippen LogP contribution in [0.3, 0.4) is 0 Å². The number of hydrogen-bond donors (Lipinski definition) is 1. The van der Waals surface area contributed by atoms with Crippen molar-refractivity contribution in [2.75, 3.05) is 19.8 Å². The molecule has 3 rings (SSSR count). The molecule has 1 atom stereocenters. The maximum Gasteiger partial charge on any atom is 0.0486 e. The van der Waals surface area contributed by atoms with E-state index in [1.54, 1.807) is 11.1 Å². The Kier molecular flexibility index (Phi) is 2.03. The van der Waals surface area contributed by atoms with E-state index in [0.29, 0.717) is 6.04 Å². The van der Waals surface area contributed by atoms with Gasteiger partial charge in [-0.2, -0.15) is 0 Å². The molecule has 2 aliphatic heterocycles. The molecule has 1 aromatic rings. The van der Waals surface area contributed by atoms with Gasteiger partial charge >= 0.3 is 0 Å². The van der Waals surface area contributed by atoms with E-state index < -0.39 is 0 Å². The Morgan fingerprint density at radius 1 is 1.29 bits per heavy atom. The van der Waals surface area contributed by atoms with Crippen molar-refractivity contribution in [2.45, 2.75) is 18.9 Å². The predicted octanol–water partition coefficient (Wildman–Crippen LogP) is 1.54. The Bertz CT molecular complexity index is 335. The maximum atomic E-state index is 3.44. The van der Waals surface area contributed by atoms with Crippen molar-refractivity contribution in [3.05, 3.63) is 35.4 Å². The topological polar surface area (TPSA) is 15.3 Å². The minimum Gasteiger partial charge on any atom is -0.304 e. The molecule has 14 heavy (non-hydrogen) atoms. The van der Waals surface area contributed by atoms with E-state index in [4.69, 9.17) is 0 Å². The molecule has 1 unspecified atom stereocenters. The van der Waals surface area contributed by atoms with Crippen molar-refractivity contribution >= 4 is 0 Å². The number of nitrogens with zero attached hydrogens (tertiary/aromatic N) is 1. The van der Waals surface area contributed by atoms with Gasteiger partial charge in [0.05, 0.1) is 0 Å². The average molecular weight is 188 g/mol. The van der Waals surface area contributed by atoms with Crippen LogP contribution in [-0.4, -0.2) is 24.7 Å². The summed E-state index contributed by atoms with van der Waals surface area (Å²) in [4.78, 5) is 2.56. The van der Waals surface area contributed by atoms with Gasteiger partial charge in [0.15, 0.2) is 0 Å². The van der Waals surface area contributed by atoms with E-state index in [-0.39, 0.29) is 0 Å². The van der Waals surface area contributed by atoms with Crippen LogP contribution in [0.5, 0.6) is 0 Å². The number of rotatable bonds is 0. The van der Waals surface area contributed by atoms with Crippen LogP contribution in [0, 0.1) is 0 Å². The first-order chi connectivity index (χ1) is 6.95. The molecule has 2 nitrogen and oxygen atoms in total. The van der Waals surface area contributed by atoms with Gasteiger partial charge < -0.3 is 5.32 Å². The molecular weight excluding hydrogens is 172 g/mol. The van der Waals surface area contributed by atoms with Crippen LogP contribution in [0.2, 0.25) is 0 Å². The van der Waals surface area contributed by atoms with Gasteiger partial charge in [-0.05, 0) is 30.5 Å². The lowest BCUT2D eigenvalue weighted by Gasteiger charge is -2.40. The number of benzene rings is 1. The van der Waals surface area contributed by atoms with Crippen molar-refractivity contribution in [2.24, 2.45) is 0 Å². The van der Waals surface area contributed by atoms with Crippen molar-refractivity contribution < 1.29 is 0 Å². The molecule has 0 spiro atoms. The summed E-state index contributed by atoms with van der Waals surface area (Å²) in [6.45, 7) is 3.45. The summed E-state index contributed by atoms with van der Waals surface area (Å²) >= 11 is 0. The Labute approximate surface area is 84.9 Å². The van der Waals surface area contributed by atoms with Gasteiger partial charge in [0, 0.05) is 19.3 Å². The zero-order chi connectivity index (χ0) is 9.38. The summed E-state index contributed by atoms with van der Waals surface area (Å²) in [5, 5.41) is 3.44. The highest BCUT2D eigenvalue weighted by atomic mass is 15.3. The first-order valence-electron chi connectivity index (χ1n) is 5.48. The first-order valence-corrected chi connectivity index (χ1v) is 5.48. The second kappa shape index (κ2) is 3.37. The smallest absolute Gasteiger partial charge is 0.0486 e. The summed E-state index contributed by atoms with van der Waals surface area (Å²) in [5.74, 6) is 0. The Hall–Kier alpha value is -0.860. The number of fused-ring (bicyclic) bond motifs is 3. The third kappa shape index (κ3) is 1.26. The van der Waals surface area contributed by atoms with Crippen LogP contribution < -0.4 is 5.32 Å². The van der Waals surface area contributed by atoms with Crippen molar-refractivity contribution in [1.29, 1.82) is 0 Å². The Morgan fingerprint density at radius 3 is 3.21 bits per heavy atom. The second-order valence-electron chi connectivity index (χ2n) is 4.22. The summed E-state index contributed by atoms with van der Waals surface area (Å²) in [7, 11) is 0. The molecule has 1 saturated heterocycles. The first kappa shape index (κ1) is 8.45. The van der Waals surface area contributed by atoms with Gasteiger partial charge in [-0.15, -0.1) is 0 Å². The van der Waals surface area contributed by atoms with Crippen LogP contribution >= 0.6 is 0 Å². The zero-order valence-electron chi connectivity index (χ0n) is 8.37. The lowest BCUT2D eigenvalue weighted by Crippen LogP contribution is -2.46. The fourth-order valence-corrected chi connectivity index (χ4v) is 2.69. The summed E-state index contributed by atoms with van der Waals surface area (Å²) in [6.07, 6.45) is 2.48. The van der Waals surface area contributed by atoms with Crippen LogP contribution in [0.1, 0.15) is 23.6 Å². The molecule has 0 saturated carbocycles. The molecule has 1 aromatic carbocycles. The second-order valence-corrected chi connectivity index (χ2v) is 4.22. The maximum absolute atomic E-state index is 3.44. The molecule has 2 aliphatic rings. The van der Waals surface area contributed by atoms with E-state index in [2.05, 4.69) is 34.5 Å². The molecule has 0 radical (unpaired) electrons. The Balaban J connectivity index is 1.99. The van der Waals surface area contributed by atoms with Gasteiger partial charge in [-0.25, -0.2) is 0 Å². The van der Waals surface area contributed by atoms with Gasteiger partial charge in [-0.3, -0.25) is 4.90 Å². The standard InChI is InChI=1S/C12H16N2/c1-2-4-11-10(3-1)6-8-14-9-13-7-5-12(11)14/h1-4,12-13H,5-9H2. The van der Waals surface area contributed by atoms with E-state index >= 15 is 0 Å². The molecule has 2 heteroatoms. The van der Waals surface area contributed by atoms with Crippen molar-refractivity contribution in [1.82, 2.24) is 10.2 Å². The molecule has 1 N–H and O–H groups in total. The van der Waals surface area contributed by atoms with Gasteiger partial charge in [-0.1, -0.05) is 24.3 Å². The van der Waals surface area contributed by atoms with Crippen molar-refractivity contribution in [3.8, 4) is 0 Å². The van der Waals surface area contributed by atoms with Gasteiger partial charge in [0.1, 0.15) is 0 Å². The van der Waals surface area contributed by atoms with E-state index in [0.717, 1.165) is 13.2 Å². The van der Waals surface area contributed by atoms with Crippen LogP contribution in [0.25, 0.3) is 0 Å². The largest absolute Gasteiger partial charge is 0.304 e. The van der Waals surface area contributed by atoms with Gasteiger partial charge in [0.2, 0.25) is 0 Å². The summed E-state index contributed by atoms with van der Waals surface area (Å²) in [6, 6.07) is 9.60. The monoisotopic (exact) mass is 188 g/mol. The summed E-state index contributed by atoms with van der Waals surface area (Å²) in [5.41, 5.74) is 3.14. The quantitative estimate of drug-likeness (QED) is 0.664. The highest BCUT2D eigenvalue weighted by Crippen LogP contribution is 2.32. The van der Waals surface area contributed by atoms with Crippen LogP contribution in [-0.2, 0) is 6.42 Å². The molecule has 0 amide bonds. The molecule has 0 bridgehead atoms. The zero-order valence-corrected chi connectivity index (χ0v) is 8.37. The highest BCUT2D eigenvalue weighted by molar-refractivity contribution is 5.32. The normalized spacial score (nSPS) is 26.7. The van der Waals surface area contributed by atoms with Crippen LogP contribution in [0.4, 0.5) is 0 Å². The molecule has 74 valence electrons. The lowest BCUT2D eigenvalue weighted by atomic mass is 9.90. The lowest BCUT2D eigenvalue weighted by molar-refractivity contribution is 0.129. The summed E-state index contributed by atoms with van der Waals surface area (Å²) < 4.78 is 0. The predicted molar refractivity (Wildman–Crippen MR) is 57.1 cm³/mol. The number of nitrogens with one attached hydrogen (secondary N) is 1. The third-order valence-corrected chi connectivity index (χ3v) is 3.43. The van der Waals surface area contributed by atoms with E-state index in [1.807, 2.05) is 0 Å². The number of hydrogen-bond acceptors (Lipinski definition) is 2. The minimum absolute atomic E-state index is 0.682. The minimum atomic E-state index is 0.682.